The zero-order chi connectivity index (χ0) is 25.7. The maximum absolute atomic E-state index is 2.52. The molecule has 5 heteroatoms. The number of aryl methyl sites for hydroxylation is 4. The third kappa shape index (κ3) is 6.30. The summed E-state index contributed by atoms with van der Waals surface area (Å²) in [6.07, 6.45) is 0. The SMILES string of the molecule is CC1=C(C)[C]([Ti+3])(C[SiH](c2cc(C)c(C)c(C)c2)c2cc(C)c(C)c(C)c2)C(c2ccccc2)=C1C.[Cl-].[Cl-].[Cl-]. The Balaban J connectivity index is 0.00000241. The Labute approximate surface area is 263 Å². The summed E-state index contributed by atoms with van der Waals surface area (Å²) in [7, 11) is -1.55. The summed E-state index contributed by atoms with van der Waals surface area (Å²) in [5, 5.41) is 3.16. The van der Waals surface area contributed by atoms with E-state index in [0.29, 0.717) is 0 Å². The second-order valence-electron chi connectivity index (χ2n) is 10.8. The molecule has 0 radical (unpaired) electrons. The first-order valence-electron chi connectivity index (χ1n) is 12.8. The molecule has 0 saturated carbocycles. The van der Waals surface area contributed by atoms with E-state index >= 15 is 0 Å². The van der Waals surface area contributed by atoms with Crippen molar-refractivity contribution in [2.75, 3.05) is 0 Å². The largest absolute Gasteiger partial charge is 1.00 e. The van der Waals surface area contributed by atoms with Gasteiger partial charge in [0.05, 0.1) is 0 Å². The van der Waals surface area contributed by atoms with Gasteiger partial charge in [-0.2, -0.15) is 0 Å². The van der Waals surface area contributed by atoms with Crippen LogP contribution >= 0.6 is 0 Å². The van der Waals surface area contributed by atoms with Gasteiger partial charge in [0.1, 0.15) is 0 Å². The van der Waals surface area contributed by atoms with Crippen LogP contribution in [0.2, 0.25) is 9.76 Å². The third-order valence-corrected chi connectivity index (χ3v) is 14.1. The average Bonchev–Trinajstić information content (AvgIpc) is 2.99. The molecule has 0 N–H and O–H groups in total. The molecule has 1 unspecified atom stereocenters. The molecule has 0 saturated heterocycles. The number of halogens is 3. The van der Waals surface area contributed by atoms with Crippen LogP contribution < -0.4 is 47.6 Å². The predicted octanol–water partition coefficient (Wildman–Crippen LogP) is -1.58. The molecule has 0 heterocycles. The quantitative estimate of drug-likeness (QED) is 0.304. The van der Waals surface area contributed by atoms with Gasteiger partial charge in [-0.05, 0) is 0 Å². The minimum Gasteiger partial charge on any atom is -1.00 e. The molecule has 0 amide bonds. The van der Waals surface area contributed by atoms with E-state index in [1.807, 2.05) is 0 Å². The number of benzene rings is 3. The summed E-state index contributed by atoms with van der Waals surface area (Å²) in [5.41, 5.74) is 16.0. The number of rotatable bonds is 5. The fourth-order valence-corrected chi connectivity index (χ4v) is 11.4. The van der Waals surface area contributed by atoms with E-state index in [4.69, 9.17) is 0 Å². The third-order valence-electron chi connectivity index (χ3n) is 8.84. The smallest absolute Gasteiger partial charge is 1.00 e. The van der Waals surface area contributed by atoms with E-state index in [1.165, 1.54) is 61.7 Å². The van der Waals surface area contributed by atoms with Crippen LogP contribution in [0.25, 0.3) is 5.57 Å². The normalized spacial score (nSPS) is 16.8. The van der Waals surface area contributed by atoms with Crippen LogP contribution in [0.3, 0.4) is 0 Å². The average molecular weight is 618 g/mol. The van der Waals surface area contributed by atoms with Crippen molar-refractivity contribution in [2.45, 2.75) is 72.1 Å². The fraction of sp³-hybridized carbons (Fsp3) is 0.333. The van der Waals surface area contributed by atoms with Gasteiger partial charge in [0.2, 0.25) is 0 Å². The maximum atomic E-state index is 2.52. The Morgan fingerprint density at radius 3 is 1.39 bits per heavy atom. The van der Waals surface area contributed by atoms with Crippen LogP contribution in [0, 0.1) is 41.5 Å². The first-order valence-corrected chi connectivity index (χ1v) is 15.6. The summed E-state index contributed by atoms with van der Waals surface area (Å²) in [4.78, 5) is 0. The second kappa shape index (κ2) is 13.5. The summed E-state index contributed by atoms with van der Waals surface area (Å²) < 4.78 is 0.0335. The van der Waals surface area contributed by atoms with Gasteiger partial charge in [0, 0.05) is 0 Å². The van der Waals surface area contributed by atoms with Crippen molar-refractivity contribution in [1.82, 2.24) is 0 Å². The van der Waals surface area contributed by atoms with E-state index in [1.54, 1.807) is 15.9 Å². The second-order valence-corrected chi connectivity index (χ2v) is 15.0. The number of hydrogen-bond acceptors (Lipinski definition) is 0. The molecule has 1 aliphatic rings. The van der Waals surface area contributed by atoms with Crippen molar-refractivity contribution in [3.8, 4) is 0 Å². The topological polar surface area (TPSA) is 0 Å². The standard InChI is InChI=1S/C33H39Si.3ClH.Ti/c1-20-15-30(16-21(2)24(20)5)34(31-17-22(3)25(6)23(4)18-31)19-32-27(8)26(7)28(9)33(32)29-13-11-10-12-14-29;;;;/h10-18,34H,19H2,1-9H3;3*1H;/q;;;;+3/p-3. The number of allylic oxidation sites excluding steroid dienone is 4. The van der Waals surface area contributed by atoms with Crippen molar-refractivity contribution >= 4 is 24.7 Å². The predicted molar refractivity (Wildman–Crippen MR) is 153 cm³/mol. The monoisotopic (exact) mass is 616 g/mol. The van der Waals surface area contributed by atoms with Crippen LogP contribution in [-0.2, 0) is 20.4 Å². The summed E-state index contributed by atoms with van der Waals surface area (Å²) in [5.74, 6) is 0. The molecule has 38 heavy (non-hydrogen) atoms. The van der Waals surface area contributed by atoms with Crippen molar-refractivity contribution in [3.63, 3.8) is 0 Å². The van der Waals surface area contributed by atoms with Gasteiger partial charge in [-0.1, -0.05) is 0 Å². The molecule has 0 nitrogen and oxygen atoms in total. The van der Waals surface area contributed by atoms with Gasteiger partial charge in [0.15, 0.2) is 0 Å². The van der Waals surface area contributed by atoms with Crippen LogP contribution in [0.5, 0.6) is 0 Å². The van der Waals surface area contributed by atoms with Gasteiger partial charge in [-0.25, -0.2) is 0 Å². The van der Waals surface area contributed by atoms with Crippen molar-refractivity contribution < 1.29 is 57.7 Å². The summed E-state index contributed by atoms with van der Waals surface area (Å²) in [6.45, 7) is 20.7. The minimum absolute atomic E-state index is 0. The molecule has 3 aromatic carbocycles. The number of hydrogen-bond donors (Lipinski definition) is 0. The minimum atomic E-state index is -1.55. The molecule has 4 rings (SSSR count). The maximum Gasteiger partial charge on any atom is -1.00 e. The molecule has 0 bridgehead atoms. The van der Waals surface area contributed by atoms with Gasteiger partial charge in [0.25, 0.3) is 0 Å². The molecule has 0 spiro atoms. The van der Waals surface area contributed by atoms with E-state index in [-0.39, 0.29) is 40.9 Å². The molecule has 200 valence electrons. The molecule has 3 aromatic rings. The van der Waals surface area contributed by atoms with Crippen LogP contribution in [0.15, 0.2) is 71.3 Å². The molecule has 0 fully saturated rings. The Morgan fingerprint density at radius 1 is 0.605 bits per heavy atom. The van der Waals surface area contributed by atoms with Crippen LogP contribution in [-0.4, -0.2) is 8.80 Å². The van der Waals surface area contributed by atoms with Gasteiger partial charge in [-0.15, -0.1) is 0 Å². The van der Waals surface area contributed by atoms with Gasteiger partial charge in [-0.3, -0.25) is 0 Å². The molecule has 0 aromatic heterocycles. The summed E-state index contributed by atoms with van der Waals surface area (Å²) in [6, 6.07) is 22.3. The first-order chi connectivity index (χ1) is 16.5. The van der Waals surface area contributed by atoms with Gasteiger partial charge < -0.3 is 37.2 Å². The van der Waals surface area contributed by atoms with Crippen molar-refractivity contribution in [2.24, 2.45) is 0 Å². The van der Waals surface area contributed by atoms with E-state index < -0.39 is 8.80 Å². The fourth-order valence-electron chi connectivity index (χ4n) is 5.89. The van der Waals surface area contributed by atoms with E-state index in [9.17, 15) is 0 Å². The van der Waals surface area contributed by atoms with Crippen molar-refractivity contribution in [3.05, 3.63) is 110 Å². The van der Waals surface area contributed by atoms with Crippen LogP contribution in [0.1, 0.15) is 59.7 Å². The molecule has 1 aliphatic carbocycles. The molecule has 1 atom stereocenters. The Bertz CT molecular complexity index is 1270. The van der Waals surface area contributed by atoms with Crippen LogP contribution in [0.4, 0.5) is 0 Å². The van der Waals surface area contributed by atoms with E-state index in [2.05, 4.69) is 137 Å². The Kier molecular flexibility index (Phi) is 12.5. The molecular weight excluding hydrogens is 579 g/mol. The van der Waals surface area contributed by atoms with Gasteiger partial charge >= 0.3 is 228 Å². The first kappa shape index (κ1) is 35.0. The zero-order valence-electron chi connectivity index (χ0n) is 24.1. The van der Waals surface area contributed by atoms with Crippen molar-refractivity contribution in [1.29, 1.82) is 0 Å². The molecular formula is C33H39Cl3SiTi. The van der Waals surface area contributed by atoms with E-state index in [0.717, 1.165) is 0 Å². The Hall–Kier alpha value is -1.06. The zero-order valence-corrected chi connectivity index (χ0v) is 29.1. The molecule has 0 aliphatic heterocycles. The summed E-state index contributed by atoms with van der Waals surface area (Å²) >= 11 is 2.52. The Morgan fingerprint density at radius 2 is 1.00 bits per heavy atom.